The van der Waals surface area contributed by atoms with Crippen molar-refractivity contribution < 1.29 is 4.39 Å². The van der Waals surface area contributed by atoms with Crippen LogP contribution >= 0.6 is 31.9 Å². The molecule has 1 unspecified atom stereocenters. The van der Waals surface area contributed by atoms with E-state index in [1.54, 1.807) is 6.07 Å². The van der Waals surface area contributed by atoms with Crippen LogP contribution in [0.4, 0.5) is 10.1 Å². The minimum absolute atomic E-state index is 0.0861. The van der Waals surface area contributed by atoms with Crippen LogP contribution in [0, 0.1) is 12.7 Å². The zero-order valence-corrected chi connectivity index (χ0v) is 13.8. The zero-order chi connectivity index (χ0) is 14.0. The van der Waals surface area contributed by atoms with Gasteiger partial charge < -0.3 is 5.32 Å². The number of benzene rings is 2. The van der Waals surface area contributed by atoms with Gasteiger partial charge in [0.1, 0.15) is 5.82 Å². The summed E-state index contributed by atoms with van der Waals surface area (Å²) in [5.41, 5.74) is 2.98. The van der Waals surface area contributed by atoms with Gasteiger partial charge in [0.2, 0.25) is 0 Å². The van der Waals surface area contributed by atoms with E-state index in [4.69, 9.17) is 0 Å². The second kappa shape index (κ2) is 6.06. The van der Waals surface area contributed by atoms with Gasteiger partial charge in [0, 0.05) is 20.7 Å². The molecular formula is C15H14Br2FN. The topological polar surface area (TPSA) is 12.0 Å². The van der Waals surface area contributed by atoms with Gasteiger partial charge in [-0.05, 0) is 49.2 Å². The summed E-state index contributed by atoms with van der Waals surface area (Å²) in [4.78, 5) is 0. The molecule has 0 radical (unpaired) electrons. The fraction of sp³-hybridized carbons (Fsp3) is 0.200. The fourth-order valence-corrected chi connectivity index (χ4v) is 3.30. The van der Waals surface area contributed by atoms with Crippen molar-refractivity contribution in [2.75, 3.05) is 5.32 Å². The summed E-state index contributed by atoms with van der Waals surface area (Å²) in [6, 6.07) is 10.9. The largest absolute Gasteiger partial charge is 0.378 e. The van der Waals surface area contributed by atoms with Crippen molar-refractivity contribution in [1.82, 2.24) is 0 Å². The normalized spacial score (nSPS) is 12.3. The molecule has 0 fully saturated rings. The molecule has 0 aliphatic carbocycles. The van der Waals surface area contributed by atoms with Crippen LogP contribution in [0.15, 0.2) is 45.3 Å². The standard InChI is InChI=1S/C15H14Br2FN/c1-9-3-5-12(18)8-15(9)19-10(2)13-6-4-11(16)7-14(13)17/h3-8,10,19H,1-2H3. The van der Waals surface area contributed by atoms with Gasteiger partial charge in [0.15, 0.2) is 0 Å². The molecule has 0 heterocycles. The second-order valence-corrected chi connectivity index (χ2v) is 6.26. The third-order valence-corrected chi connectivity index (χ3v) is 4.18. The Labute approximate surface area is 129 Å². The van der Waals surface area contributed by atoms with Crippen LogP contribution in [-0.2, 0) is 0 Å². The molecule has 100 valence electrons. The molecule has 2 aromatic rings. The van der Waals surface area contributed by atoms with E-state index in [-0.39, 0.29) is 11.9 Å². The first-order valence-corrected chi connectivity index (χ1v) is 7.53. The van der Waals surface area contributed by atoms with Gasteiger partial charge in [-0.25, -0.2) is 4.39 Å². The molecule has 2 aromatic carbocycles. The van der Waals surface area contributed by atoms with Crippen LogP contribution in [-0.4, -0.2) is 0 Å². The first-order valence-electron chi connectivity index (χ1n) is 5.95. The Morgan fingerprint density at radius 3 is 2.53 bits per heavy atom. The Bertz CT molecular complexity index is 599. The first kappa shape index (κ1) is 14.5. The lowest BCUT2D eigenvalue weighted by Crippen LogP contribution is -2.08. The molecule has 0 aromatic heterocycles. The van der Waals surface area contributed by atoms with Crippen molar-refractivity contribution >= 4 is 37.5 Å². The van der Waals surface area contributed by atoms with Gasteiger partial charge in [-0.1, -0.05) is 44.0 Å². The highest BCUT2D eigenvalue weighted by Gasteiger charge is 2.11. The summed E-state index contributed by atoms with van der Waals surface area (Å²) < 4.78 is 15.3. The van der Waals surface area contributed by atoms with E-state index in [1.165, 1.54) is 12.1 Å². The molecular weight excluding hydrogens is 373 g/mol. The zero-order valence-electron chi connectivity index (χ0n) is 10.7. The third-order valence-electron chi connectivity index (χ3n) is 3.00. The van der Waals surface area contributed by atoms with Crippen molar-refractivity contribution in [1.29, 1.82) is 0 Å². The van der Waals surface area contributed by atoms with Gasteiger partial charge in [-0.2, -0.15) is 0 Å². The minimum atomic E-state index is -0.227. The summed E-state index contributed by atoms with van der Waals surface area (Å²) in [7, 11) is 0. The highest BCUT2D eigenvalue weighted by atomic mass is 79.9. The van der Waals surface area contributed by atoms with E-state index in [1.807, 2.05) is 25.1 Å². The Balaban J connectivity index is 2.25. The van der Waals surface area contributed by atoms with Gasteiger partial charge in [0.05, 0.1) is 0 Å². The molecule has 0 saturated carbocycles. The lowest BCUT2D eigenvalue weighted by molar-refractivity contribution is 0.627. The Morgan fingerprint density at radius 2 is 1.84 bits per heavy atom. The first-order chi connectivity index (χ1) is 8.97. The molecule has 0 amide bonds. The maximum Gasteiger partial charge on any atom is 0.125 e. The molecule has 19 heavy (non-hydrogen) atoms. The van der Waals surface area contributed by atoms with Gasteiger partial charge in [-0.3, -0.25) is 0 Å². The maximum absolute atomic E-state index is 13.3. The Kier molecular flexibility index (Phi) is 4.63. The van der Waals surface area contributed by atoms with Crippen LogP contribution < -0.4 is 5.32 Å². The number of hydrogen-bond acceptors (Lipinski definition) is 1. The van der Waals surface area contributed by atoms with E-state index in [0.29, 0.717) is 0 Å². The summed E-state index contributed by atoms with van der Waals surface area (Å²) in [5.74, 6) is -0.227. The molecule has 0 aliphatic heterocycles. The number of aryl methyl sites for hydroxylation is 1. The molecule has 0 saturated heterocycles. The lowest BCUT2D eigenvalue weighted by atomic mass is 10.1. The predicted molar refractivity (Wildman–Crippen MR) is 85.0 cm³/mol. The molecule has 1 atom stereocenters. The fourth-order valence-electron chi connectivity index (χ4n) is 1.91. The highest BCUT2D eigenvalue weighted by Crippen LogP contribution is 2.30. The van der Waals surface area contributed by atoms with Gasteiger partial charge in [-0.15, -0.1) is 0 Å². The van der Waals surface area contributed by atoms with Crippen LogP contribution in [0.5, 0.6) is 0 Å². The Morgan fingerprint density at radius 1 is 1.11 bits per heavy atom. The lowest BCUT2D eigenvalue weighted by Gasteiger charge is -2.19. The van der Waals surface area contributed by atoms with E-state index in [9.17, 15) is 4.39 Å². The van der Waals surface area contributed by atoms with Crippen LogP contribution in [0.25, 0.3) is 0 Å². The number of hydrogen-bond donors (Lipinski definition) is 1. The second-order valence-electron chi connectivity index (χ2n) is 4.49. The monoisotopic (exact) mass is 385 g/mol. The Hall–Kier alpha value is -0.870. The third kappa shape index (κ3) is 3.57. The number of nitrogens with one attached hydrogen (secondary N) is 1. The number of anilines is 1. The molecule has 1 nitrogen and oxygen atoms in total. The summed E-state index contributed by atoms with van der Waals surface area (Å²) in [5, 5.41) is 3.34. The van der Waals surface area contributed by atoms with Crippen LogP contribution in [0.2, 0.25) is 0 Å². The summed E-state index contributed by atoms with van der Waals surface area (Å²) >= 11 is 6.98. The van der Waals surface area contributed by atoms with Crippen molar-refractivity contribution in [3.05, 3.63) is 62.3 Å². The molecule has 4 heteroatoms. The molecule has 0 bridgehead atoms. The SMILES string of the molecule is Cc1ccc(F)cc1NC(C)c1ccc(Br)cc1Br. The smallest absolute Gasteiger partial charge is 0.125 e. The number of halogens is 3. The summed E-state index contributed by atoms with van der Waals surface area (Å²) in [6.45, 7) is 4.02. The maximum atomic E-state index is 13.3. The minimum Gasteiger partial charge on any atom is -0.378 e. The summed E-state index contributed by atoms with van der Waals surface area (Å²) in [6.07, 6.45) is 0. The van der Waals surface area contributed by atoms with E-state index in [0.717, 1.165) is 25.8 Å². The molecule has 0 aliphatic rings. The van der Waals surface area contributed by atoms with Crippen molar-refractivity contribution in [2.24, 2.45) is 0 Å². The highest BCUT2D eigenvalue weighted by molar-refractivity contribution is 9.11. The van der Waals surface area contributed by atoms with E-state index < -0.39 is 0 Å². The molecule has 2 rings (SSSR count). The van der Waals surface area contributed by atoms with Crippen molar-refractivity contribution in [3.8, 4) is 0 Å². The average Bonchev–Trinajstić information content (AvgIpc) is 2.33. The predicted octanol–water partition coefficient (Wildman–Crippen LogP) is 5.83. The molecule has 0 spiro atoms. The van der Waals surface area contributed by atoms with Crippen LogP contribution in [0.3, 0.4) is 0 Å². The van der Waals surface area contributed by atoms with Gasteiger partial charge >= 0.3 is 0 Å². The van der Waals surface area contributed by atoms with E-state index in [2.05, 4.69) is 44.1 Å². The number of rotatable bonds is 3. The molecule has 1 N–H and O–H groups in total. The van der Waals surface area contributed by atoms with E-state index >= 15 is 0 Å². The average molecular weight is 387 g/mol. The van der Waals surface area contributed by atoms with Crippen molar-refractivity contribution in [3.63, 3.8) is 0 Å². The van der Waals surface area contributed by atoms with Crippen LogP contribution in [0.1, 0.15) is 24.1 Å². The van der Waals surface area contributed by atoms with Gasteiger partial charge in [0.25, 0.3) is 0 Å². The van der Waals surface area contributed by atoms with Crippen molar-refractivity contribution in [2.45, 2.75) is 19.9 Å². The quantitative estimate of drug-likeness (QED) is 0.699.